The number of ether oxygens (including phenoxy) is 1. The van der Waals surface area contributed by atoms with Crippen molar-refractivity contribution < 1.29 is 26.3 Å². The molecule has 1 aliphatic rings. The number of aromatic nitrogens is 4. The molecule has 0 fully saturated rings. The molecule has 3 aromatic heterocycles. The first-order valence-electron chi connectivity index (χ1n) is 12.5. The summed E-state index contributed by atoms with van der Waals surface area (Å²) in [5.41, 5.74) is 1.70. The number of nitrogens with one attached hydrogen (secondary N) is 2. The van der Waals surface area contributed by atoms with Gasteiger partial charge in [-0.05, 0) is 37.0 Å². The minimum absolute atomic E-state index is 0.0365. The second-order valence-electron chi connectivity index (χ2n) is 9.46. The van der Waals surface area contributed by atoms with Gasteiger partial charge in [0.15, 0.2) is 9.84 Å². The Kier molecular flexibility index (Phi) is 7.37. The summed E-state index contributed by atoms with van der Waals surface area (Å²) < 4.78 is 73.2. The van der Waals surface area contributed by atoms with Crippen molar-refractivity contribution in [2.75, 3.05) is 30.5 Å². The molecule has 0 radical (unpaired) electrons. The van der Waals surface area contributed by atoms with Crippen molar-refractivity contribution in [1.29, 1.82) is 0 Å². The summed E-state index contributed by atoms with van der Waals surface area (Å²) in [6.45, 7) is 0.857. The number of methoxy groups -OCH3 is 1. The number of fused-ring (bicyclic) bond motifs is 2. The van der Waals surface area contributed by atoms with E-state index in [9.17, 15) is 21.6 Å². The number of hydrogen-bond acceptors (Lipinski definition) is 7. The lowest BCUT2D eigenvalue weighted by molar-refractivity contribution is -0.128. The van der Waals surface area contributed by atoms with Crippen LogP contribution >= 0.6 is 0 Å². The van der Waals surface area contributed by atoms with E-state index in [0.29, 0.717) is 17.1 Å². The molecule has 40 heavy (non-hydrogen) atoms. The number of nitrogens with zero attached hydrogens (tertiary/aromatic N) is 4. The lowest BCUT2D eigenvalue weighted by atomic mass is 10.0. The highest BCUT2D eigenvalue weighted by atomic mass is 32.2. The third-order valence-corrected chi connectivity index (χ3v) is 7.73. The average molecular weight is 573 g/mol. The predicted molar refractivity (Wildman–Crippen MR) is 144 cm³/mol. The Labute approximate surface area is 229 Å². The molecule has 0 aliphatic carbocycles. The summed E-state index contributed by atoms with van der Waals surface area (Å²) in [4.78, 5) is 8.85. The number of benzene rings is 1. The number of imidazole rings is 2. The second kappa shape index (κ2) is 10.8. The Morgan fingerprint density at radius 3 is 2.85 bits per heavy atom. The molecule has 0 saturated carbocycles. The van der Waals surface area contributed by atoms with E-state index in [1.807, 2.05) is 10.6 Å². The van der Waals surface area contributed by atoms with Gasteiger partial charge >= 0.3 is 6.18 Å². The van der Waals surface area contributed by atoms with Crippen molar-refractivity contribution in [2.45, 2.75) is 42.9 Å². The molecule has 0 amide bonds. The molecule has 0 bridgehead atoms. The van der Waals surface area contributed by atoms with Crippen LogP contribution in [0.3, 0.4) is 0 Å². The van der Waals surface area contributed by atoms with Gasteiger partial charge in [-0.2, -0.15) is 13.2 Å². The lowest BCUT2D eigenvalue weighted by Crippen LogP contribution is -2.15. The number of rotatable bonds is 6. The SMILES string of the molecule is COc1cc(S(C)(=O)=O)ccc1NCC#Cc1nc2c([C@H]3CCCn4cncc4N3)cccn2c1CC(F)(F)F. The maximum atomic E-state index is 13.6. The number of pyridine rings is 1. The van der Waals surface area contributed by atoms with Gasteiger partial charge in [-0.3, -0.25) is 0 Å². The summed E-state index contributed by atoms with van der Waals surface area (Å²) in [5.74, 6) is 6.80. The number of alkyl halides is 3. The van der Waals surface area contributed by atoms with Gasteiger partial charge < -0.3 is 24.3 Å². The van der Waals surface area contributed by atoms with E-state index in [2.05, 4.69) is 32.4 Å². The van der Waals surface area contributed by atoms with Gasteiger partial charge in [0.05, 0.1) is 54.9 Å². The second-order valence-corrected chi connectivity index (χ2v) is 11.5. The van der Waals surface area contributed by atoms with Crippen LogP contribution in [0.4, 0.5) is 24.7 Å². The summed E-state index contributed by atoms with van der Waals surface area (Å²) >= 11 is 0. The first-order valence-corrected chi connectivity index (χ1v) is 14.4. The van der Waals surface area contributed by atoms with Crippen molar-refractivity contribution in [3.8, 4) is 17.6 Å². The topological polar surface area (TPSA) is 103 Å². The Bertz CT molecular complexity index is 1720. The fraction of sp³-hybridized carbons (Fsp3) is 0.333. The molecule has 1 aliphatic heterocycles. The van der Waals surface area contributed by atoms with Crippen LogP contribution in [0.5, 0.6) is 5.75 Å². The van der Waals surface area contributed by atoms with Gasteiger partial charge in [0.25, 0.3) is 0 Å². The third-order valence-electron chi connectivity index (χ3n) is 6.62. The van der Waals surface area contributed by atoms with Crippen LogP contribution in [0, 0.1) is 11.8 Å². The fourth-order valence-electron chi connectivity index (χ4n) is 4.75. The molecule has 0 spiro atoms. The average Bonchev–Trinajstić information content (AvgIpc) is 3.42. The Morgan fingerprint density at radius 1 is 1.27 bits per heavy atom. The minimum Gasteiger partial charge on any atom is -0.495 e. The van der Waals surface area contributed by atoms with Crippen LogP contribution in [0.15, 0.2) is 53.9 Å². The van der Waals surface area contributed by atoms with E-state index in [1.54, 1.807) is 30.9 Å². The molecule has 2 N–H and O–H groups in total. The monoisotopic (exact) mass is 572 g/mol. The van der Waals surface area contributed by atoms with E-state index in [1.165, 1.54) is 23.6 Å². The molecule has 210 valence electrons. The minimum atomic E-state index is -4.46. The zero-order valence-corrected chi connectivity index (χ0v) is 22.6. The van der Waals surface area contributed by atoms with Crippen molar-refractivity contribution in [3.63, 3.8) is 0 Å². The summed E-state index contributed by atoms with van der Waals surface area (Å²) in [6.07, 6.45) is 2.15. The van der Waals surface area contributed by atoms with Crippen LogP contribution in [0.25, 0.3) is 5.65 Å². The quantitative estimate of drug-likeness (QED) is 0.329. The first-order chi connectivity index (χ1) is 19.0. The smallest absolute Gasteiger partial charge is 0.394 e. The predicted octanol–water partition coefficient (Wildman–Crippen LogP) is 4.46. The standard InChI is InChI=1S/C27H27F3N6O3S/c1-39-24-14-18(40(2,37)38)9-10-22(24)32-11-3-7-21-23(15-27(28,29)30)36-13-4-6-19(26(36)34-21)20-8-5-12-35-17-31-16-25(35)33-20/h4,6,9-10,13-14,16-17,20,32-33H,5,8,11-12,15H2,1-2H3/t20-/m1/s1. The van der Waals surface area contributed by atoms with Crippen molar-refractivity contribution >= 4 is 27.0 Å². The zero-order valence-electron chi connectivity index (χ0n) is 21.8. The largest absolute Gasteiger partial charge is 0.495 e. The van der Waals surface area contributed by atoms with Crippen LogP contribution in [0.1, 0.15) is 35.8 Å². The molecule has 9 nitrogen and oxygen atoms in total. The van der Waals surface area contributed by atoms with E-state index in [4.69, 9.17) is 4.74 Å². The van der Waals surface area contributed by atoms with Gasteiger partial charge in [-0.25, -0.2) is 18.4 Å². The molecule has 0 unspecified atom stereocenters. The summed E-state index contributed by atoms with van der Waals surface area (Å²) in [6, 6.07) is 7.81. The van der Waals surface area contributed by atoms with E-state index >= 15 is 0 Å². The number of aryl methyl sites for hydroxylation is 1. The highest BCUT2D eigenvalue weighted by Crippen LogP contribution is 2.32. The molecule has 1 aromatic carbocycles. The van der Waals surface area contributed by atoms with Gasteiger partial charge in [-0.15, -0.1) is 0 Å². The number of halogens is 3. The zero-order chi connectivity index (χ0) is 28.5. The molecule has 13 heteroatoms. The van der Waals surface area contributed by atoms with Crippen LogP contribution in [-0.4, -0.2) is 53.4 Å². The Hall–Kier alpha value is -4.18. The first kappa shape index (κ1) is 27.4. The molecule has 1 atom stereocenters. The molecule has 4 aromatic rings. The van der Waals surface area contributed by atoms with E-state index < -0.39 is 22.4 Å². The van der Waals surface area contributed by atoms with Crippen molar-refractivity contribution in [2.24, 2.45) is 0 Å². The van der Waals surface area contributed by atoms with Gasteiger partial charge in [-0.1, -0.05) is 12.0 Å². The molecule has 5 rings (SSSR count). The van der Waals surface area contributed by atoms with Crippen LogP contribution in [-0.2, 0) is 22.8 Å². The molecule has 4 heterocycles. The van der Waals surface area contributed by atoms with Crippen LogP contribution < -0.4 is 15.4 Å². The normalized spacial score (nSPS) is 15.5. The Balaban J connectivity index is 1.45. The van der Waals surface area contributed by atoms with Crippen LogP contribution in [0.2, 0.25) is 0 Å². The van der Waals surface area contributed by atoms with Crippen molar-refractivity contribution in [1.82, 2.24) is 18.9 Å². The van der Waals surface area contributed by atoms with Gasteiger partial charge in [0, 0.05) is 30.6 Å². The number of anilines is 2. The molecular weight excluding hydrogens is 545 g/mol. The van der Waals surface area contributed by atoms with Gasteiger partial charge in [0.1, 0.15) is 22.9 Å². The maximum Gasteiger partial charge on any atom is 0.394 e. The highest BCUT2D eigenvalue weighted by Gasteiger charge is 2.32. The lowest BCUT2D eigenvalue weighted by Gasteiger charge is -2.18. The van der Waals surface area contributed by atoms with E-state index in [-0.39, 0.29) is 28.9 Å². The van der Waals surface area contributed by atoms with E-state index in [0.717, 1.165) is 37.0 Å². The summed E-state index contributed by atoms with van der Waals surface area (Å²) in [7, 11) is -2.01. The maximum absolute atomic E-state index is 13.6. The Morgan fingerprint density at radius 2 is 2.10 bits per heavy atom. The summed E-state index contributed by atoms with van der Waals surface area (Å²) in [5, 5.41) is 6.47. The fourth-order valence-corrected chi connectivity index (χ4v) is 5.39. The number of hydrogen-bond donors (Lipinski definition) is 2. The third kappa shape index (κ3) is 5.86. The number of sulfone groups is 1. The highest BCUT2D eigenvalue weighted by molar-refractivity contribution is 7.90. The van der Waals surface area contributed by atoms with Gasteiger partial charge in [0.2, 0.25) is 0 Å². The van der Waals surface area contributed by atoms with Crippen molar-refractivity contribution in [3.05, 3.63) is 66.0 Å². The molecular formula is C27H27F3N6O3S. The molecule has 0 saturated heterocycles.